The summed E-state index contributed by atoms with van der Waals surface area (Å²) in [5.74, 6) is -2.92. The summed E-state index contributed by atoms with van der Waals surface area (Å²) in [5, 5.41) is 8.29. The first kappa shape index (κ1) is 16.2. The van der Waals surface area contributed by atoms with Crippen molar-refractivity contribution in [3.05, 3.63) is 0 Å². The molecule has 0 bridgehead atoms. The van der Waals surface area contributed by atoms with Crippen LogP contribution in [0.5, 0.6) is 0 Å². The summed E-state index contributed by atoms with van der Waals surface area (Å²) in [7, 11) is -2.41. The third-order valence-electron chi connectivity index (χ3n) is 4.59. The number of carboxylic acid groups (broad SMARTS) is 1. The van der Waals surface area contributed by atoms with E-state index < -0.39 is 39.0 Å². The van der Waals surface area contributed by atoms with E-state index in [0.29, 0.717) is 19.3 Å². The highest BCUT2D eigenvalue weighted by Gasteiger charge is 2.48. The van der Waals surface area contributed by atoms with Crippen LogP contribution >= 0.6 is 0 Å². The Morgan fingerprint density at radius 3 is 2.43 bits per heavy atom. The molecule has 120 valence electrons. The van der Waals surface area contributed by atoms with Gasteiger partial charge in [-0.2, -0.15) is 0 Å². The van der Waals surface area contributed by atoms with Gasteiger partial charge in [-0.1, -0.05) is 13.3 Å². The summed E-state index contributed by atoms with van der Waals surface area (Å²) >= 11 is 0. The molecule has 0 radical (unpaired) electrons. The van der Waals surface area contributed by atoms with Gasteiger partial charge in [0.15, 0.2) is 0 Å². The van der Waals surface area contributed by atoms with Gasteiger partial charge in [0.2, 0.25) is 10.0 Å². The van der Waals surface area contributed by atoms with Crippen molar-refractivity contribution >= 4 is 22.0 Å². The lowest BCUT2D eigenvalue weighted by atomic mass is 9.99. The number of esters is 1. The zero-order valence-corrected chi connectivity index (χ0v) is 13.0. The van der Waals surface area contributed by atoms with Crippen LogP contribution in [0.3, 0.4) is 0 Å². The van der Waals surface area contributed by atoms with Crippen molar-refractivity contribution in [3.63, 3.8) is 0 Å². The number of carboxylic acids is 1. The number of ether oxygens (including phenoxy) is 1. The lowest BCUT2D eigenvalue weighted by Crippen LogP contribution is -2.41. The molecule has 0 aromatic heterocycles. The molecule has 1 N–H and O–H groups in total. The first-order chi connectivity index (χ1) is 9.78. The van der Waals surface area contributed by atoms with Crippen molar-refractivity contribution < 1.29 is 27.9 Å². The van der Waals surface area contributed by atoms with E-state index in [9.17, 15) is 18.0 Å². The summed E-state index contributed by atoms with van der Waals surface area (Å²) in [5.41, 5.74) is 0. The van der Waals surface area contributed by atoms with Gasteiger partial charge >= 0.3 is 11.9 Å². The second-order valence-electron chi connectivity index (χ2n) is 5.88. The fourth-order valence-electron chi connectivity index (χ4n) is 3.34. The zero-order valence-electron chi connectivity index (χ0n) is 12.2. The Morgan fingerprint density at radius 1 is 1.19 bits per heavy atom. The molecule has 1 heterocycles. The molecular formula is C13H21NO6S. The second-order valence-corrected chi connectivity index (χ2v) is 8.03. The van der Waals surface area contributed by atoms with Gasteiger partial charge in [0, 0.05) is 13.1 Å². The van der Waals surface area contributed by atoms with Gasteiger partial charge in [0.25, 0.3) is 0 Å². The third-order valence-corrected chi connectivity index (χ3v) is 6.94. The SMILES string of the molecule is COC(=O)C1CN(S(=O)(=O)C2CCCC2C(=O)O)CC1C. The summed E-state index contributed by atoms with van der Waals surface area (Å²) < 4.78 is 31.3. The molecular weight excluding hydrogens is 298 g/mol. The van der Waals surface area contributed by atoms with E-state index in [-0.39, 0.29) is 19.0 Å². The number of nitrogens with zero attached hydrogens (tertiary/aromatic N) is 1. The maximum absolute atomic E-state index is 12.7. The molecule has 0 spiro atoms. The topological polar surface area (TPSA) is 101 Å². The van der Waals surface area contributed by atoms with E-state index in [1.165, 1.54) is 11.4 Å². The quantitative estimate of drug-likeness (QED) is 0.748. The summed E-state index contributed by atoms with van der Waals surface area (Å²) in [6, 6.07) is 0. The maximum Gasteiger partial charge on any atom is 0.310 e. The van der Waals surface area contributed by atoms with Crippen LogP contribution in [0.25, 0.3) is 0 Å². The molecule has 0 aromatic rings. The van der Waals surface area contributed by atoms with E-state index in [0.717, 1.165) is 0 Å². The van der Waals surface area contributed by atoms with Crippen LogP contribution < -0.4 is 0 Å². The zero-order chi connectivity index (χ0) is 15.8. The van der Waals surface area contributed by atoms with Gasteiger partial charge in [-0.15, -0.1) is 0 Å². The predicted octanol–water partition coefficient (Wildman–Crippen LogP) is 0.310. The number of aliphatic carboxylic acids is 1. The van der Waals surface area contributed by atoms with Gasteiger partial charge in [-0.05, 0) is 18.8 Å². The van der Waals surface area contributed by atoms with Crippen LogP contribution in [0.15, 0.2) is 0 Å². The Labute approximate surface area is 124 Å². The van der Waals surface area contributed by atoms with E-state index >= 15 is 0 Å². The largest absolute Gasteiger partial charge is 0.481 e. The smallest absolute Gasteiger partial charge is 0.310 e. The number of carbonyl (C=O) groups excluding carboxylic acids is 1. The van der Waals surface area contributed by atoms with Gasteiger partial charge < -0.3 is 9.84 Å². The monoisotopic (exact) mass is 319 g/mol. The summed E-state index contributed by atoms with van der Waals surface area (Å²) in [6.45, 7) is 2.13. The molecule has 4 atom stereocenters. The Kier molecular flexibility index (Phi) is 4.57. The van der Waals surface area contributed by atoms with Crippen LogP contribution in [-0.4, -0.2) is 55.2 Å². The Balaban J connectivity index is 2.18. The van der Waals surface area contributed by atoms with Gasteiger partial charge in [0.1, 0.15) is 0 Å². The lowest BCUT2D eigenvalue weighted by molar-refractivity contribution is -0.146. The molecule has 1 aliphatic carbocycles. The fraction of sp³-hybridized carbons (Fsp3) is 0.846. The number of sulfonamides is 1. The minimum Gasteiger partial charge on any atom is -0.481 e. The van der Waals surface area contributed by atoms with Crippen molar-refractivity contribution in [1.82, 2.24) is 4.31 Å². The molecule has 1 saturated carbocycles. The molecule has 21 heavy (non-hydrogen) atoms. The summed E-state index contributed by atoms with van der Waals surface area (Å²) in [6.07, 6.45) is 1.36. The molecule has 2 fully saturated rings. The van der Waals surface area contributed by atoms with Crippen molar-refractivity contribution in [3.8, 4) is 0 Å². The molecule has 2 aliphatic rings. The Morgan fingerprint density at radius 2 is 1.86 bits per heavy atom. The van der Waals surface area contributed by atoms with Gasteiger partial charge in [-0.3, -0.25) is 9.59 Å². The summed E-state index contributed by atoms with van der Waals surface area (Å²) in [4.78, 5) is 22.9. The van der Waals surface area contributed by atoms with E-state index in [2.05, 4.69) is 0 Å². The van der Waals surface area contributed by atoms with E-state index in [4.69, 9.17) is 9.84 Å². The minimum atomic E-state index is -3.70. The molecule has 0 amide bonds. The number of methoxy groups -OCH3 is 1. The number of hydrogen-bond acceptors (Lipinski definition) is 5. The number of carbonyl (C=O) groups is 2. The molecule has 7 nitrogen and oxygen atoms in total. The molecule has 0 aromatic carbocycles. The van der Waals surface area contributed by atoms with Crippen LogP contribution in [0.4, 0.5) is 0 Å². The highest BCUT2D eigenvalue weighted by atomic mass is 32.2. The molecule has 1 aliphatic heterocycles. The molecule has 8 heteroatoms. The maximum atomic E-state index is 12.7. The standard InChI is InChI=1S/C13H21NO6S/c1-8-6-14(7-10(8)13(17)20-2)21(18,19)11-5-3-4-9(11)12(15)16/h8-11H,3-7H2,1-2H3,(H,15,16). The third kappa shape index (κ3) is 2.91. The Hall–Kier alpha value is -1.15. The highest BCUT2D eigenvalue weighted by Crippen LogP contribution is 2.36. The van der Waals surface area contributed by atoms with Crippen molar-refractivity contribution in [2.75, 3.05) is 20.2 Å². The first-order valence-corrected chi connectivity index (χ1v) is 8.59. The van der Waals surface area contributed by atoms with Crippen molar-refractivity contribution in [2.24, 2.45) is 17.8 Å². The molecule has 1 saturated heterocycles. The average Bonchev–Trinajstić information content (AvgIpc) is 3.04. The van der Waals surface area contributed by atoms with Crippen LogP contribution in [0, 0.1) is 17.8 Å². The average molecular weight is 319 g/mol. The predicted molar refractivity (Wildman–Crippen MR) is 73.9 cm³/mol. The number of hydrogen-bond donors (Lipinski definition) is 1. The lowest BCUT2D eigenvalue weighted by Gasteiger charge is -2.23. The normalized spacial score (nSPS) is 34.0. The van der Waals surface area contributed by atoms with Crippen LogP contribution in [0.1, 0.15) is 26.2 Å². The van der Waals surface area contributed by atoms with Crippen molar-refractivity contribution in [2.45, 2.75) is 31.4 Å². The first-order valence-electron chi connectivity index (χ1n) is 7.08. The fourth-order valence-corrected chi connectivity index (χ4v) is 5.67. The Bertz CT molecular complexity index is 531. The van der Waals surface area contributed by atoms with Crippen LogP contribution in [0.2, 0.25) is 0 Å². The van der Waals surface area contributed by atoms with Gasteiger partial charge in [0.05, 0.1) is 24.2 Å². The molecule has 2 rings (SSSR count). The van der Waals surface area contributed by atoms with Gasteiger partial charge in [-0.25, -0.2) is 12.7 Å². The second kappa shape index (κ2) is 5.92. The van der Waals surface area contributed by atoms with Crippen LogP contribution in [-0.2, 0) is 24.3 Å². The van der Waals surface area contributed by atoms with E-state index in [1.807, 2.05) is 0 Å². The molecule has 4 unspecified atom stereocenters. The number of rotatable bonds is 4. The minimum absolute atomic E-state index is 0.0824. The van der Waals surface area contributed by atoms with E-state index in [1.54, 1.807) is 6.92 Å². The van der Waals surface area contributed by atoms with Crippen molar-refractivity contribution in [1.29, 1.82) is 0 Å². The highest BCUT2D eigenvalue weighted by molar-refractivity contribution is 7.89.